The molecule has 6 nitrogen and oxygen atoms in total. The van der Waals surface area contributed by atoms with Crippen molar-refractivity contribution in [3.05, 3.63) is 41.4 Å². The van der Waals surface area contributed by atoms with Crippen LogP contribution in [0.25, 0.3) is 10.6 Å². The summed E-state index contributed by atoms with van der Waals surface area (Å²) in [5, 5.41) is 16.9. The first-order valence-corrected chi connectivity index (χ1v) is 8.49. The smallest absolute Gasteiger partial charge is 0.223 e. The Labute approximate surface area is 141 Å². The van der Waals surface area contributed by atoms with E-state index >= 15 is 0 Å². The number of benzene rings is 1. The van der Waals surface area contributed by atoms with E-state index < -0.39 is 0 Å². The van der Waals surface area contributed by atoms with Gasteiger partial charge in [-0.05, 0) is 19.1 Å². The number of anilines is 3. The third kappa shape index (κ3) is 3.39. The van der Waals surface area contributed by atoms with Crippen molar-refractivity contribution in [2.75, 3.05) is 10.4 Å². The zero-order valence-electron chi connectivity index (χ0n) is 12.5. The Kier molecular flexibility index (Phi) is 4.37. The van der Waals surface area contributed by atoms with Crippen molar-refractivity contribution >= 4 is 44.5 Å². The Hall–Kier alpha value is -2.29. The van der Waals surface area contributed by atoms with Crippen molar-refractivity contribution in [3.8, 4) is 10.6 Å². The Morgan fingerprint density at radius 3 is 2.70 bits per heavy atom. The van der Waals surface area contributed by atoms with Crippen LogP contribution < -0.4 is 10.4 Å². The molecule has 8 heteroatoms. The predicted molar refractivity (Wildman–Crippen MR) is 92.6 cm³/mol. The standard InChI is InChI=1S/C15H14N4O2S2/c1-9-13(23-14(16-9)17-10(2)20)12-8-22-15(18-12)19(21)11-6-4-3-5-7-11/h3-8,21H,1-2H3,(H,16,17,20). The normalized spacial score (nSPS) is 10.6. The van der Waals surface area contributed by atoms with E-state index in [0.717, 1.165) is 21.3 Å². The lowest BCUT2D eigenvalue weighted by Gasteiger charge is -2.12. The third-order valence-corrected chi connectivity index (χ3v) is 4.90. The van der Waals surface area contributed by atoms with E-state index in [0.29, 0.717) is 16.0 Å². The summed E-state index contributed by atoms with van der Waals surface area (Å²) in [6.45, 7) is 3.31. The van der Waals surface area contributed by atoms with Gasteiger partial charge in [0.15, 0.2) is 5.13 Å². The lowest BCUT2D eigenvalue weighted by Crippen LogP contribution is -2.09. The van der Waals surface area contributed by atoms with Crippen LogP contribution in [0.3, 0.4) is 0 Å². The fourth-order valence-electron chi connectivity index (χ4n) is 1.98. The molecule has 0 aliphatic rings. The molecule has 0 aliphatic carbocycles. The molecule has 0 spiro atoms. The number of aryl methyl sites for hydroxylation is 1. The van der Waals surface area contributed by atoms with Gasteiger partial charge in [0, 0.05) is 12.3 Å². The van der Waals surface area contributed by atoms with E-state index in [4.69, 9.17) is 0 Å². The molecular formula is C15H14N4O2S2. The third-order valence-electron chi connectivity index (χ3n) is 2.99. The second kappa shape index (κ2) is 6.45. The van der Waals surface area contributed by atoms with Crippen LogP contribution in [0, 0.1) is 6.92 Å². The van der Waals surface area contributed by atoms with Crippen LogP contribution in [0.15, 0.2) is 35.7 Å². The number of para-hydroxylation sites is 1. The summed E-state index contributed by atoms with van der Waals surface area (Å²) in [6.07, 6.45) is 0. The zero-order chi connectivity index (χ0) is 16.4. The van der Waals surface area contributed by atoms with Gasteiger partial charge < -0.3 is 5.32 Å². The molecule has 0 saturated carbocycles. The van der Waals surface area contributed by atoms with E-state index in [1.54, 1.807) is 12.1 Å². The number of carbonyl (C=O) groups excluding carboxylic acids is 1. The molecule has 0 saturated heterocycles. The molecular weight excluding hydrogens is 332 g/mol. The molecule has 0 fully saturated rings. The highest BCUT2D eigenvalue weighted by Crippen LogP contribution is 2.36. The molecule has 2 heterocycles. The number of rotatable bonds is 4. The molecule has 0 bridgehead atoms. The second-order valence-electron chi connectivity index (χ2n) is 4.78. The minimum atomic E-state index is -0.158. The van der Waals surface area contributed by atoms with Gasteiger partial charge in [0.1, 0.15) is 0 Å². The molecule has 2 N–H and O–H groups in total. The second-order valence-corrected chi connectivity index (χ2v) is 6.61. The molecule has 0 aliphatic heterocycles. The van der Waals surface area contributed by atoms with Crippen molar-refractivity contribution in [1.82, 2.24) is 9.97 Å². The Bertz CT molecular complexity index is 829. The maximum absolute atomic E-state index is 11.1. The number of carbonyl (C=O) groups is 1. The molecule has 3 aromatic rings. The summed E-state index contributed by atoms with van der Waals surface area (Å²) in [7, 11) is 0. The molecule has 23 heavy (non-hydrogen) atoms. The maximum Gasteiger partial charge on any atom is 0.223 e. The Morgan fingerprint density at radius 2 is 2.00 bits per heavy atom. The fourth-order valence-corrected chi connectivity index (χ4v) is 3.78. The van der Waals surface area contributed by atoms with E-state index in [1.165, 1.54) is 29.6 Å². The van der Waals surface area contributed by atoms with Crippen molar-refractivity contribution in [1.29, 1.82) is 0 Å². The number of nitrogens with zero attached hydrogens (tertiary/aromatic N) is 3. The van der Waals surface area contributed by atoms with Crippen molar-refractivity contribution in [3.63, 3.8) is 0 Å². The van der Waals surface area contributed by atoms with E-state index in [-0.39, 0.29) is 5.91 Å². The predicted octanol–water partition coefficient (Wildman–Crippen LogP) is 4.06. The minimum Gasteiger partial charge on any atom is -0.302 e. The van der Waals surface area contributed by atoms with Gasteiger partial charge in [-0.15, -0.1) is 11.3 Å². The summed E-state index contributed by atoms with van der Waals surface area (Å²) < 4.78 is 0. The largest absolute Gasteiger partial charge is 0.302 e. The molecule has 1 amide bonds. The highest BCUT2D eigenvalue weighted by molar-refractivity contribution is 7.20. The molecule has 3 rings (SSSR count). The zero-order valence-corrected chi connectivity index (χ0v) is 14.1. The number of aromatic nitrogens is 2. The van der Waals surface area contributed by atoms with Gasteiger partial charge in [0.25, 0.3) is 0 Å². The summed E-state index contributed by atoms with van der Waals surface area (Å²) >= 11 is 2.70. The van der Waals surface area contributed by atoms with Crippen LogP contribution >= 0.6 is 22.7 Å². The van der Waals surface area contributed by atoms with Gasteiger partial charge in [-0.1, -0.05) is 29.5 Å². The highest BCUT2D eigenvalue weighted by Gasteiger charge is 2.16. The summed E-state index contributed by atoms with van der Waals surface area (Å²) in [4.78, 5) is 20.8. The SMILES string of the molecule is CC(=O)Nc1nc(C)c(-c2csc(N(O)c3ccccc3)n2)s1. The lowest BCUT2D eigenvalue weighted by atomic mass is 10.3. The average molecular weight is 346 g/mol. The van der Waals surface area contributed by atoms with Crippen LogP contribution in [-0.2, 0) is 4.79 Å². The number of amides is 1. The topological polar surface area (TPSA) is 78.4 Å². The minimum absolute atomic E-state index is 0.158. The summed E-state index contributed by atoms with van der Waals surface area (Å²) in [5.74, 6) is -0.158. The van der Waals surface area contributed by atoms with Crippen molar-refractivity contribution in [2.45, 2.75) is 13.8 Å². The summed E-state index contributed by atoms with van der Waals surface area (Å²) in [6, 6.07) is 9.18. The number of nitrogens with one attached hydrogen (secondary N) is 1. The Balaban J connectivity index is 1.87. The van der Waals surface area contributed by atoms with Gasteiger partial charge >= 0.3 is 0 Å². The van der Waals surface area contributed by atoms with E-state index in [9.17, 15) is 10.0 Å². The first kappa shape index (κ1) is 15.6. The van der Waals surface area contributed by atoms with Gasteiger partial charge in [-0.2, -0.15) is 5.06 Å². The van der Waals surface area contributed by atoms with Crippen LogP contribution in [0.1, 0.15) is 12.6 Å². The highest BCUT2D eigenvalue weighted by atomic mass is 32.1. The maximum atomic E-state index is 11.1. The average Bonchev–Trinajstić information content (AvgIpc) is 3.13. The molecule has 0 unspecified atom stereocenters. The van der Waals surface area contributed by atoms with Crippen molar-refractivity contribution < 1.29 is 10.0 Å². The first-order chi connectivity index (χ1) is 11.0. The van der Waals surface area contributed by atoms with Crippen molar-refractivity contribution in [2.24, 2.45) is 0 Å². The Morgan fingerprint density at radius 1 is 1.26 bits per heavy atom. The molecule has 0 radical (unpaired) electrons. The van der Waals surface area contributed by atoms with Gasteiger partial charge in [0.2, 0.25) is 11.0 Å². The molecule has 2 aromatic heterocycles. The van der Waals surface area contributed by atoms with Gasteiger partial charge in [-0.25, -0.2) is 9.97 Å². The van der Waals surface area contributed by atoms with Crippen LogP contribution in [0.4, 0.5) is 16.0 Å². The monoisotopic (exact) mass is 346 g/mol. The van der Waals surface area contributed by atoms with Crippen LogP contribution in [-0.4, -0.2) is 21.1 Å². The fraction of sp³-hybridized carbons (Fsp3) is 0.133. The number of hydrogen-bond acceptors (Lipinski definition) is 7. The molecule has 0 atom stereocenters. The quantitative estimate of drug-likeness (QED) is 0.697. The van der Waals surface area contributed by atoms with Gasteiger partial charge in [-0.3, -0.25) is 10.0 Å². The number of hydrogen-bond donors (Lipinski definition) is 2. The first-order valence-electron chi connectivity index (χ1n) is 6.79. The summed E-state index contributed by atoms with van der Waals surface area (Å²) in [5.41, 5.74) is 2.17. The van der Waals surface area contributed by atoms with Crippen LogP contribution in [0.2, 0.25) is 0 Å². The van der Waals surface area contributed by atoms with Gasteiger partial charge in [0.05, 0.1) is 22.0 Å². The van der Waals surface area contributed by atoms with E-state index in [1.807, 2.05) is 30.5 Å². The molecule has 118 valence electrons. The lowest BCUT2D eigenvalue weighted by molar-refractivity contribution is -0.114. The number of thiazole rings is 2. The van der Waals surface area contributed by atoms with Crippen LogP contribution in [0.5, 0.6) is 0 Å². The van der Waals surface area contributed by atoms with E-state index in [2.05, 4.69) is 15.3 Å². The molecule has 1 aromatic carbocycles.